The van der Waals surface area contributed by atoms with Gasteiger partial charge in [-0.3, -0.25) is 9.52 Å². The van der Waals surface area contributed by atoms with Gasteiger partial charge in [0.1, 0.15) is 11.3 Å². The number of para-hydroxylation sites is 3. The Morgan fingerprint density at radius 1 is 0.933 bits per heavy atom. The Balaban J connectivity index is 1.50. The molecule has 1 aromatic heterocycles. The minimum Gasteiger partial charge on any atom is -0.495 e. The molecule has 3 aromatic carbocycles. The highest BCUT2D eigenvalue weighted by Gasteiger charge is 2.17. The van der Waals surface area contributed by atoms with E-state index in [4.69, 9.17) is 9.15 Å². The van der Waals surface area contributed by atoms with Gasteiger partial charge in [0.2, 0.25) is 0 Å². The van der Waals surface area contributed by atoms with Gasteiger partial charge in [0.15, 0.2) is 5.76 Å². The van der Waals surface area contributed by atoms with Crippen LogP contribution in [0.2, 0.25) is 0 Å². The molecule has 0 bridgehead atoms. The van der Waals surface area contributed by atoms with Crippen molar-refractivity contribution in [3.05, 3.63) is 84.6 Å². The molecule has 0 unspecified atom stereocenters. The van der Waals surface area contributed by atoms with E-state index in [0.29, 0.717) is 22.7 Å². The third-order valence-corrected chi connectivity index (χ3v) is 5.80. The first-order valence-electron chi connectivity index (χ1n) is 9.02. The van der Waals surface area contributed by atoms with Gasteiger partial charge in [0.25, 0.3) is 15.9 Å². The first kappa shape index (κ1) is 19.5. The fourth-order valence-electron chi connectivity index (χ4n) is 2.94. The van der Waals surface area contributed by atoms with Crippen LogP contribution in [0.4, 0.5) is 11.4 Å². The summed E-state index contributed by atoms with van der Waals surface area (Å²) in [5.41, 5.74) is 1.39. The standard InChI is InChI=1S/C22H18N2O5S/c1-28-20-9-5-3-7-18(20)24-30(26,27)17-12-10-16(11-13-17)23-22(25)21-14-15-6-2-4-8-19(15)29-21/h2-14,24H,1H3,(H,23,25). The van der Waals surface area contributed by atoms with Crippen molar-refractivity contribution < 1.29 is 22.4 Å². The summed E-state index contributed by atoms with van der Waals surface area (Å²) in [6, 6.07) is 21.5. The van der Waals surface area contributed by atoms with Crippen LogP contribution in [-0.2, 0) is 10.0 Å². The quantitative estimate of drug-likeness (QED) is 0.477. The summed E-state index contributed by atoms with van der Waals surface area (Å²) < 4.78 is 38.5. The summed E-state index contributed by atoms with van der Waals surface area (Å²) >= 11 is 0. The Hall–Kier alpha value is -3.78. The van der Waals surface area contributed by atoms with E-state index in [1.807, 2.05) is 18.2 Å². The number of hydrogen-bond acceptors (Lipinski definition) is 5. The maximum atomic E-state index is 12.7. The van der Waals surface area contributed by atoms with Crippen LogP contribution >= 0.6 is 0 Å². The number of sulfonamides is 1. The zero-order valence-corrected chi connectivity index (χ0v) is 16.8. The number of anilines is 2. The zero-order chi connectivity index (χ0) is 21.1. The summed E-state index contributed by atoms with van der Waals surface area (Å²) in [6.07, 6.45) is 0. The lowest BCUT2D eigenvalue weighted by Gasteiger charge is -2.12. The highest BCUT2D eigenvalue weighted by molar-refractivity contribution is 7.92. The highest BCUT2D eigenvalue weighted by atomic mass is 32.2. The van der Waals surface area contributed by atoms with E-state index in [1.54, 1.807) is 36.4 Å². The Bertz CT molecular complexity index is 1280. The molecule has 0 aliphatic heterocycles. The molecule has 0 atom stereocenters. The van der Waals surface area contributed by atoms with E-state index in [0.717, 1.165) is 5.39 Å². The van der Waals surface area contributed by atoms with Crippen molar-refractivity contribution in [3.63, 3.8) is 0 Å². The molecule has 0 aliphatic carbocycles. The predicted octanol–water partition coefficient (Wildman–Crippen LogP) is 4.49. The second kappa shape index (κ2) is 7.92. The molecular formula is C22H18N2O5S. The van der Waals surface area contributed by atoms with Gasteiger partial charge in [0.05, 0.1) is 17.7 Å². The minimum absolute atomic E-state index is 0.0511. The van der Waals surface area contributed by atoms with Crippen LogP contribution in [0.25, 0.3) is 11.0 Å². The Kier molecular flexibility index (Phi) is 5.16. The minimum atomic E-state index is -3.82. The van der Waals surface area contributed by atoms with Gasteiger partial charge in [-0.15, -0.1) is 0 Å². The Labute approximate surface area is 173 Å². The molecule has 152 valence electrons. The molecule has 0 radical (unpaired) electrons. The van der Waals surface area contributed by atoms with Gasteiger partial charge >= 0.3 is 0 Å². The van der Waals surface area contributed by atoms with E-state index < -0.39 is 15.9 Å². The van der Waals surface area contributed by atoms with Gasteiger partial charge in [-0.2, -0.15) is 0 Å². The average Bonchev–Trinajstić information content (AvgIpc) is 3.19. The van der Waals surface area contributed by atoms with E-state index >= 15 is 0 Å². The molecule has 4 aromatic rings. The predicted molar refractivity (Wildman–Crippen MR) is 114 cm³/mol. The Morgan fingerprint density at radius 2 is 1.63 bits per heavy atom. The van der Waals surface area contributed by atoms with Crippen molar-refractivity contribution >= 4 is 38.3 Å². The molecule has 1 amide bonds. The fraction of sp³-hybridized carbons (Fsp3) is 0.0455. The molecule has 0 spiro atoms. The van der Waals surface area contributed by atoms with Crippen LogP contribution < -0.4 is 14.8 Å². The van der Waals surface area contributed by atoms with Crippen LogP contribution in [0.5, 0.6) is 5.75 Å². The number of methoxy groups -OCH3 is 1. The summed E-state index contributed by atoms with van der Waals surface area (Å²) in [4.78, 5) is 12.5. The molecule has 7 nitrogen and oxygen atoms in total. The summed E-state index contributed by atoms with van der Waals surface area (Å²) in [7, 11) is -2.36. The molecule has 4 rings (SSSR count). The first-order valence-corrected chi connectivity index (χ1v) is 10.5. The van der Waals surface area contributed by atoms with Crippen LogP contribution in [-0.4, -0.2) is 21.4 Å². The smallest absolute Gasteiger partial charge is 0.291 e. The highest BCUT2D eigenvalue weighted by Crippen LogP contribution is 2.26. The number of carbonyl (C=O) groups excluding carboxylic acids is 1. The second-order valence-corrected chi connectivity index (χ2v) is 8.12. The number of fused-ring (bicyclic) bond motifs is 1. The maximum absolute atomic E-state index is 12.7. The SMILES string of the molecule is COc1ccccc1NS(=O)(=O)c1ccc(NC(=O)c2cc3ccccc3o2)cc1. The number of benzene rings is 3. The van der Waals surface area contributed by atoms with Crippen molar-refractivity contribution in [1.82, 2.24) is 0 Å². The second-order valence-electron chi connectivity index (χ2n) is 6.43. The number of ether oxygens (including phenoxy) is 1. The molecule has 2 N–H and O–H groups in total. The molecule has 0 saturated carbocycles. The summed E-state index contributed by atoms with van der Waals surface area (Å²) in [5, 5.41) is 3.52. The van der Waals surface area contributed by atoms with Gasteiger partial charge < -0.3 is 14.5 Å². The third-order valence-electron chi connectivity index (χ3n) is 4.42. The monoisotopic (exact) mass is 422 g/mol. The lowest BCUT2D eigenvalue weighted by molar-refractivity contribution is 0.0998. The number of furan rings is 1. The number of nitrogens with one attached hydrogen (secondary N) is 2. The number of rotatable bonds is 6. The topological polar surface area (TPSA) is 97.6 Å². The van der Waals surface area contributed by atoms with E-state index in [9.17, 15) is 13.2 Å². The largest absolute Gasteiger partial charge is 0.495 e. The summed E-state index contributed by atoms with van der Waals surface area (Å²) in [5.74, 6) is 0.162. The van der Waals surface area contributed by atoms with Crippen LogP contribution in [0.3, 0.4) is 0 Å². The maximum Gasteiger partial charge on any atom is 0.291 e. The lowest BCUT2D eigenvalue weighted by atomic mass is 10.2. The lowest BCUT2D eigenvalue weighted by Crippen LogP contribution is -2.14. The molecule has 0 aliphatic rings. The van der Waals surface area contributed by atoms with Crippen molar-refractivity contribution in [2.45, 2.75) is 4.90 Å². The normalized spacial score (nSPS) is 11.2. The van der Waals surface area contributed by atoms with Gasteiger partial charge in [0, 0.05) is 11.1 Å². The molecule has 1 heterocycles. The third kappa shape index (κ3) is 3.99. The number of amides is 1. The van der Waals surface area contributed by atoms with Crippen molar-refractivity contribution in [1.29, 1.82) is 0 Å². The van der Waals surface area contributed by atoms with Crippen LogP contribution in [0, 0.1) is 0 Å². The number of carbonyl (C=O) groups is 1. The molecular weight excluding hydrogens is 404 g/mol. The van der Waals surface area contributed by atoms with E-state index in [1.165, 1.54) is 31.4 Å². The van der Waals surface area contributed by atoms with Crippen LogP contribution in [0.15, 0.2) is 88.2 Å². The van der Waals surface area contributed by atoms with Gasteiger partial charge in [-0.05, 0) is 48.5 Å². The zero-order valence-electron chi connectivity index (χ0n) is 16.0. The van der Waals surface area contributed by atoms with Gasteiger partial charge in [-0.1, -0.05) is 30.3 Å². The van der Waals surface area contributed by atoms with E-state index in [2.05, 4.69) is 10.0 Å². The molecule has 0 saturated heterocycles. The van der Waals surface area contributed by atoms with Crippen LogP contribution in [0.1, 0.15) is 10.6 Å². The van der Waals surface area contributed by atoms with Crippen molar-refractivity contribution in [2.24, 2.45) is 0 Å². The molecule has 30 heavy (non-hydrogen) atoms. The van der Waals surface area contributed by atoms with Crippen molar-refractivity contribution in [2.75, 3.05) is 17.1 Å². The van der Waals surface area contributed by atoms with Gasteiger partial charge in [-0.25, -0.2) is 8.42 Å². The Morgan fingerprint density at radius 3 is 2.37 bits per heavy atom. The fourth-order valence-corrected chi connectivity index (χ4v) is 4.01. The number of hydrogen-bond donors (Lipinski definition) is 2. The van der Waals surface area contributed by atoms with Crippen molar-refractivity contribution in [3.8, 4) is 5.75 Å². The van der Waals surface area contributed by atoms with E-state index in [-0.39, 0.29) is 10.7 Å². The first-order chi connectivity index (χ1) is 14.5. The summed E-state index contributed by atoms with van der Waals surface area (Å²) in [6.45, 7) is 0. The average molecular weight is 422 g/mol. The molecule has 8 heteroatoms. The molecule has 0 fully saturated rings.